The fraction of sp³-hybridized carbons (Fsp3) is 0.286. The van der Waals surface area contributed by atoms with E-state index in [2.05, 4.69) is 24.3 Å². The van der Waals surface area contributed by atoms with Gasteiger partial charge in [0.1, 0.15) is 0 Å². The summed E-state index contributed by atoms with van der Waals surface area (Å²) >= 11 is 0. The van der Waals surface area contributed by atoms with E-state index in [0.29, 0.717) is 19.7 Å². The first-order valence-corrected chi connectivity index (χ1v) is 8.80. The highest BCUT2D eigenvalue weighted by atomic mass is 16.5. The summed E-state index contributed by atoms with van der Waals surface area (Å²) in [4.78, 5) is 12.8. The Morgan fingerprint density at radius 1 is 1.19 bits per heavy atom. The van der Waals surface area contributed by atoms with Crippen LogP contribution in [0.5, 0.6) is 0 Å². The van der Waals surface area contributed by atoms with Crippen LogP contribution in [0, 0.1) is 0 Å². The summed E-state index contributed by atoms with van der Waals surface area (Å²) < 4.78 is 11.5. The van der Waals surface area contributed by atoms with E-state index in [1.165, 1.54) is 15.7 Å². The van der Waals surface area contributed by atoms with Crippen molar-refractivity contribution in [3.63, 3.8) is 0 Å². The van der Waals surface area contributed by atoms with Crippen molar-refractivity contribution >= 4 is 16.9 Å². The Kier molecular flexibility index (Phi) is 4.63. The van der Waals surface area contributed by atoms with E-state index in [4.69, 9.17) is 9.15 Å². The molecule has 5 heteroatoms. The Labute approximate surface area is 151 Å². The number of likely N-dealkylation sites (tertiary alicyclic amines) is 1. The summed E-state index contributed by atoms with van der Waals surface area (Å²) in [5.74, 6) is 0.138. The topological polar surface area (TPSA) is 62.9 Å². The molecule has 2 heterocycles. The van der Waals surface area contributed by atoms with Crippen molar-refractivity contribution in [3.05, 3.63) is 72.2 Å². The maximum Gasteiger partial charge on any atom is 0.407 e. The van der Waals surface area contributed by atoms with Gasteiger partial charge in [-0.15, -0.1) is 0 Å². The highest BCUT2D eigenvalue weighted by Crippen LogP contribution is 2.32. The SMILES string of the molecule is O=C(O)N1CCC(c2ccoc2)C(OCc2cccc3ccccc23)C1. The van der Waals surface area contributed by atoms with Gasteiger partial charge in [0.15, 0.2) is 0 Å². The van der Waals surface area contributed by atoms with Gasteiger partial charge in [0.25, 0.3) is 0 Å². The number of carbonyl (C=O) groups is 1. The predicted molar refractivity (Wildman–Crippen MR) is 98.2 cm³/mol. The van der Waals surface area contributed by atoms with E-state index in [-0.39, 0.29) is 12.0 Å². The first-order valence-electron chi connectivity index (χ1n) is 8.80. The molecule has 4 rings (SSSR count). The van der Waals surface area contributed by atoms with Crippen LogP contribution < -0.4 is 0 Å². The molecule has 0 bridgehead atoms. The summed E-state index contributed by atoms with van der Waals surface area (Å²) in [6, 6.07) is 16.3. The number of rotatable bonds is 4. The lowest BCUT2D eigenvalue weighted by molar-refractivity contribution is -0.0196. The molecule has 2 aromatic carbocycles. The van der Waals surface area contributed by atoms with Gasteiger partial charge in [0.05, 0.1) is 31.8 Å². The maximum absolute atomic E-state index is 11.4. The van der Waals surface area contributed by atoms with Crippen molar-refractivity contribution in [1.82, 2.24) is 4.90 Å². The summed E-state index contributed by atoms with van der Waals surface area (Å²) in [7, 11) is 0. The van der Waals surface area contributed by atoms with Crippen LogP contribution >= 0.6 is 0 Å². The predicted octanol–water partition coefficient (Wildman–Crippen LogP) is 4.49. The van der Waals surface area contributed by atoms with Gasteiger partial charge in [-0.3, -0.25) is 0 Å². The van der Waals surface area contributed by atoms with Gasteiger partial charge in [-0.25, -0.2) is 4.79 Å². The standard InChI is InChI=1S/C21H21NO4/c23-21(24)22-10-8-19(17-9-11-25-13-17)20(12-22)26-14-16-6-3-5-15-4-1-2-7-18(15)16/h1-7,9,11,13,19-20H,8,10,12,14H2,(H,23,24). The number of carboxylic acid groups (broad SMARTS) is 1. The molecule has 0 saturated carbocycles. The largest absolute Gasteiger partial charge is 0.472 e. The Bertz CT molecular complexity index is 885. The molecule has 1 amide bonds. The molecule has 26 heavy (non-hydrogen) atoms. The number of furan rings is 1. The molecule has 1 aliphatic rings. The number of amides is 1. The Morgan fingerprint density at radius 3 is 2.85 bits per heavy atom. The van der Waals surface area contributed by atoms with Crippen molar-refractivity contribution < 1.29 is 19.1 Å². The smallest absolute Gasteiger partial charge is 0.407 e. The highest BCUT2D eigenvalue weighted by molar-refractivity contribution is 5.85. The summed E-state index contributed by atoms with van der Waals surface area (Å²) in [5, 5.41) is 11.7. The summed E-state index contributed by atoms with van der Waals surface area (Å²) in [6.45, 7) is 1.34. The molecular weight excluding hydrogens is 330 g/mol. The fourth-order valence-corrected chi connectivity index (χ4v) is 3.74. The second kappa shape index (κ2) is 7.22. The molecule has 1 N–H and O–H groups in total. The van der Waals surface area contributed by atoms with Crippen molar-refractivity contribution in [3.8, 4) is 0 Å². The number of piperidine rings is 1. The number of fused-ring (bicyclic) bond motifs is 1. The third kappa shape index (κ3) is 3.30. The van der Waals surface area contributed by atoms with Crippen LogP contribution in [0.1, 0.15) is 23.5 Å². The molecule has 5 nitrogen and oxygen atoms in total. The van der Waals surface area contributed by atoms with Gasteiger partial charge in [-0.2, -0.15) is 0 Å². The van der Waals surface area contributed by atoms with Gasteiger partial charge < -0.3 is 19.2 Å². The number of nitrogens with zero attached hydrogens (tertiary/aromatic N) is 1. The van der Waals surface area contributed by atoms with Crippen molar-refractivity contribution in [2.45, 2.75) is 25.0 Å². The Balaban J connectivity index is 1.55. The van der Waals surface area contributed by atoms with Crippen LogP contribution in [0.3, 0.4) is 0 Å². The van der Waals surface area contributed by atoms with E-state index < -0.39 is 6.09 Å². The van der Waals surface area contributed by atoms with Gasteiger partial charge in [-0.05, 0) is 34.4 Å². The van der Waals surface area contributed by atoms with Gasteiger partial charge in [-0.1, -0.05) is 42.5 Å². The zero-order chi connectivity index (χ0) is 17.9. The van der Waals surface area contributed by atoms with Gasteiger partial charge >= 0.3 is 6.09 Å². The van der Waals surface area contributed by atoms with Crippen LogP contribution in [0.4, 0.5) is 4.79 Å². The quantitative estimate of drug-likeness (QED) is 0.752. The van der Waals surface area contributed by atoms with E-state index in [9.17, 15) is 9.90 Å². The second-order valence-corrected chi connectivity index (χ2v) is 6.67. The van der Waals surface area contributed by atoms with Crippen LogP contribution in [0.25, 0.3) is 10.8 Å². The third-order valence-electron chi connectivity index (χ3n) is 5.13. The molecule has 2 atom stereocenters. The second-order valence-electron chi connectivity index (χ2n) is 6.67. The lowest BCUT2D eigenvalue weighted by Gasteiger charge is -2.36. The first-order chi connectivity index (χ1) is 12.7. The Morgan fingerprint density at radius 2 is 2.04 bits per heavy atom. The van der Waals surface area contributed by atoms with Crippen LogP contribution in [0.2, 0.25) is 0 Å². The molecule has 0 radical (unpaired) electrons. The van der Waals surface area contributed by atoms with Crippen molar-refractivity contribution in [1.29, 1.82) is 0 Å². The minimum Gasteiger partial charge on any atom is -0.472 e. The minimum absolute atomic E-state index is 0.138. The molecule has 1 saturated heterocycles. The molecule has 1 aromatic heterocycles. The van der Waals surface area contributed by atoms with E-state index >= 15 is 0 Å². The maximum atomic E-state index is 11.4. The molecular formula is C21H21NO4. The average Bonchev–Trinajstić information content (AvgIpc) is 3.20. The zero-order valence-corrected chi connectivity index (χ0v) is 14.4. The van der Waals surface area contributed by atoms with Crippen LogP contribution in [-0.4, -0.2) is 35.3 Å². The van der Waals surface area contributed by atoms with Gasteiger partial charge in [0, 0.05) is 12.5 Å². The molecule has 0 aliphatic carbocycles. The normalized spacial score (nSPS) is 20.4. The molecule has 1 fully saturated rings. The minimum atomic E-state index is -0.894. The lowest BCUT2D eigenvalue weighted by Crippen LogP contribution is -2.46. The molecule has 134 valence electrons. The van der Waals surface area contributed by atoms with Crippen LogP contribution in [0.15, 0.2) is 65.5 Å². The van der Waals surface area contributed by atoms with Crippen molar-refractivity contribution in [2.24, 2.45) is 0 Å². The summed E-state index contributed by atoms with van der Waals surface area (Å²) in [5.41, 5.74) is 2.18. The zero-order valence-electron chi connectivity index (χ0n) is 14.4. The highest BCUT2D eigenvalue weighted by Gasteiger charge is 2.33. The first kappa shape index (κ1) is 16.7. The number of ether oxygens (including phenoxy) is 1. The Hall–Kier alpha value is -2.79. The summed E-state index contributed by atoms with van der Waals surface area (Å²) in [6.07, 6.45) is 3.02. The van der Waals surface area contributed by atoms with E-state index in [1.54, 1.807) is 12.5 Å². The average molecular weight is 351 g/mol. The van der Waals surface area contributed by atoms with E-state index in [0.717, 1.165) is 17.5 Å². The molecule has 2 unspecified atom stereocenters. The van der Waals surface area contributed by atoms with Gasteiger partial charge in [0.2, 0.25) is 0 Å². The number of hydrogen-bond donors (Lipinski definition) is 1. The third-order valence-corrected chi connectivity index (χ3v) is 5.13. The number of benzene rings is 2. The van der Waals surface area contributed by atoms with Crippen LogP contribution in [-0.2, 0) is 11.3 Å². The van der Waals surface area contributed by atoms with Crippen molar-refractivity contribution in [2.75, 3.05) is 13.1 Å². The molecule has 3 aromatic rings. The monoisotopic (exact) mass is 351 g/mol. The van der Waals surface area contributed by atoms with E-state index in [1.807, 2.05) is 24.3 Å². The number of hydrogen-bond acceptors (Lipinski definition) is 3. The molecule has 0 spiro atoms. The fourth-order valence-electron chi connectivity index (χ4n) is 3.74. The lowest BCUT2D eigenvalue weighted by atomic mass is 9.88. The molecule has 1 aliphatic heterocycles.